The van der Waals surface area contributed by atoms with Crippen LogP contribution in [0, 0.1) is 0 Å². The summed E-state index contributed by atoms with van der Waals surface area (Å²) < 4.78 is 1.22. The Kier molecular flexibility index (Phi) is 3.78. The molecule has 6 heteroatoms. The van der Waals surface area contributed by atoms with E-state index in [4.69, 9.17) is 0 Å². The van der Waals surface area contributed by atoms with Crippen molar-refractivity contribution >= 4 is 17.2 Å². The molecule has 18 heavy (non-hydrogen) atoms. The number of rotatable bonds is 4. The van der Waals surface area contributed by atoms with Gasteiger partial charge >= 0.3 is 4.87 Å². The zero-order valence-corrected chi connectivity index (χ0v) is 10.3. The van der Waals surface area contributed by atoms with E-state index in [1.807, 2.05) is 6.07 Å². The molecule has 5 nitrogen and oxygen atoms in total. The molecule has 1 aromatic carbocycles. The van der Waals surface area contributed by atoms with Gasteiger partial charge in [0.2, 0.25) is 5.88 Å². The maximum absolute atomic E-state index is 11.7. The van der Waals surface area contributed by atoms with Gasteiger partial charge < -0.3 is 10.4 Å². The number of aromatic nitrogens is 1. The fourth-order valence-electron chi connectivity index (χ4n) is 1.50. The SMILES string of the molecule is O=C(NCCn1c(O)csc1=O)c1ccccc1. The Labute approximate surface area is 107 Å². The summed E-state index contributed by atoms with van der Waals surface area (Å²) in [6, 6.07) is 8.82. The molecule has 1 heterocycles. The summed E-state index contributed by atoms with van der Waals surface area (Å²) in [7, 11) is 0. The molecule has 1 aromatic heterocycles. The molecule has 0 aliphatic heterocycles. The zero-order valence-electron chi connectivity index (χ0n) is 9.50. The summed E-state index contributed by atoms with van der Waals surface area (Å²) in [5, 5.41) is 13.4. The largest absolute Gasteiger partial charge is 0.494 e. The second kappa shape index (κ2) is 5.50. The normalized spacial score (nSPS) is 10.2. The highest BCUT2D eigenvalue weighted by molar-refractivity contribution is 7.07. The van der Waals surface area contributed by atoms with Gasteiger partial charge in [-0.2, -0.15) is 0 Å². The molecule has 0 atom stereocenters. The molecule has 0 saturated heterocycles. The molecule has 0 bridgehead atoms. The van der Waals surface area contributed by atoms with Crippen LogP contribution in [0.4, 0.5) is 0 Å². The van der Waals surface area contributed by atoms with E-state index < -0.39 is 0 Å². The molecule has 0 unspecified atom stereocenters. The van der Waals surface area contributed by atoms with Crippen molar-refractivity contribution in [3.05, 3.63) is 50.9 Å². The summed E-state index contributed by atoms with van der Waals surface area (Å²) in [6.45, 7) is 0.546. The maximum Gasteiger partial charge on any atom is 0.310 e. The van der Waals surface area contributed by atoms with E-state index in [1.54, 1.807) is 24.3 Å². The fourth-order valence-corrected chi connectivity index (χ4v) is 2.15. The molecule has 0 aliphatic rings. The topological polar surface area (TPSA) is 71.3 Å². The molecule has 1 amide bonds. The van der Waals surface area contributed by atoms with Gasteiger partial charge in [-0.15, -0.1) is 0 Å². The van der Waals surface area contributed by atoms with Crippen LogP contribution in [0.5, 0.6) is 5.88 Å². The fraction of sp³-hybridized carbons (Fsp3) is 0.167. The Morgan fingerprint density at radius 1 is 1.33 bits per heavy atom. The van der Waals surface area contributed by atoms with Gasteiger partial charge in [-0.05, 0) is 12.1 Å². The molecule has 0 spiro atoms. The number of nitrogens with zero attached hydrogens (tertiary/aromatic N) is 1. The van der Waals surface area contributed by atoms with Crippen LogP contribution in [-0.4, -0.2) is 22.1 Å². The van der Waals surface area contributed by atoms with Crippen LogP contribution < -0.4 is 10.2 Å². The zero-order chi connectivity index (χ0) is 13.0. The van der Waals surface area contributed by atoms with Crippen molar-refractivity contribution < 1.29 is 9.90 Å². The van der Waals surface area contributed by atoms with E-state index >= 15 is 0 Å². The molecular weight excluding hydrogens is 252 g/mol. The first-order chi connectivity index (χ1) is 8.68. The molecule has 0 saturated carbocycles. The number of carbonyl (C=O) groups excluding carboxylic acids is 1. The van der Waals surface area contributed by atoms with Crippen LogP contribution in [0.2, 0.25) is 0 Å². The number of amides is 1. The highest BCUT2D eigenvalue weighted by Crippen LogP contribution is 2.07. The van der Waals surface area contributed by atoms with E-state index in [0.717, 1.165) is 11.3 Å². The van der Waals surface area contributed by atoms with Gasteiger partial charge in [0.1, 0.15) is 0 Å². The number of nitrogens with one attached hydrogen (secondary N) is 1. The van der Waals surface area contributed by atoms with Crippen LogP contribution >= 0.6 is 11.3 Å². The van der Waals surface area contributed by atoms with E-state index in [-0.39, 0.29) is 29.7 Å². The lowest BCUT2D eigenvalue weighted by Crippen LogP contribution is -2.29. The van der Waals surface area contributed by atoms with Gasteiger partial charge in [-0.3, -0.25) is 14.2 Å². The van der Waals surface area contributed by atoms with E-state index in [0.29, 0.717) is 5.56 Å². The Balaban J connectivity index is 1.90. The molecule has 0 fully saturated rings. The maximum atomic E-state index is 11.7. The number of hydrogen-bond donors (Lipinski definition) is 2. The van der Waals surface area contributed by atoms with Crippen molar-refractivity contribution in [1.82, 2.24) is 9.88 Å². The summed E-state index contributed by atoms with van der Waals surface area (Å²) in [4.78, 5) is 22.7. The molecule has 2 rings (SSSR count). The Hall–Kier alpha value is -2.08. The van der Waals surface area contributed by atoms with Crippen LogP contribution in [0.3, 0.4) is 0 Å². The van der Waals surface area contributed by atoms with Gasteiger partial charge in [-0.25, -0.2) is 0 Å². The minimum absolute atomic E-state index is 0.0704. The lowest BCUT2D eigenvalue weighted by molar-refractivity contribution is 0.0952. The minimum Gasteiger partial charge on any atom is -0.494 e. The lowest BCUT2D eigenvalue weighted by Gasteiger charge is -2.06. The van der Waals surface area contributed by atoms with Crippen molar-refractivity contribution in [2.45, 2.75) is 6.54 Å². The van der Waals surface area contributed by atoms with Gasteiger partial charge in [0, 0.05) is 18.7 Å². The molecule has 94 valence electrons. The van der Waals surface area contributed by atoms with Crippen molar-refractivity contribution in [3.8, 4) is 5.88 Å². The first-order valence-corrected chi connectivity index (χ1v) is 6.27. The van der Waals surface area contributed by atoms with Crippen LogP contribution in [-0.2, 0) is 6.54 Å². The molecule has 2 aromatic rings. The first-order valence-electron chi connectivity index (χ1n) is 5.39. The van der Waals surface area contributed by atoms with E-state index in [1.165, 1.54) is 9.95 Å². The second-order valence-corrected chi connectivity index (χ2v) is 4.45. The Bertz CT molecular complexity index is 589. The number of benzene rings is 1. The first kappa shape index (κ1) is 12.4. The summed E-state index contributed by atoms with van der Waals surface area (Å²) in [6.07, 6.45) is 0. The predicted molar refractivity (Wildman–Crippen MR) is 69.0 cm³/mol. The number of carbonyl (C=O) groups is 1. The number of aromatic hydroxyl groups is 1. The monoisotopic (exact) mass is 264 g/mol. The third-order valence-electron chi connectivity index (χ3n) is 2.42. The predicted octanol–water partition coefficient (Wildman–Crippen LogP) is 1.05. The minimum atomic E-state index is -0.235. The Morgan fingerprint density at radius 3 is 2.67 bits per heavy atom. The van der Waals surface area contributed by atoms with E-state index in [2.05, 4.69) is 5.32 Å². The number of hydrogen-bond acceptors (Lipinski definition) is 4. The molecule has 2 N–H and O–H groups in total. The summed E-state index contributed by atoms with van der Waals surface area (Å²) in [5.74, 6) is -0.266. The van der Waals surface area contributed by atoms with Crippen molar-refractivity contribution in [2.75, 3.05) is 6.54 Å². The van der Waals surface area contributed by atoms with Crippen LogP contribution in [0.25, 0.3) is 0 Å². The van der Waals surface area contributed by atoms with Gasteiger partial charge in [0.15, 0.2) is 0 Å². The third-order valence-corrected chi connectivity index (χ3v) is 3.17. The van der Waals surface area contributed by atoms with Gasteiger partial charge in [0.05, 0.1) is 5.38 Å². The smallest absolute Gasteiger partial charge is 0.310 e. The van der Waals surface area contributed by atoms with Crippen molar-refractivity contribution in [2.24, 2.45) is 0 Å². The lowest BCUT2D eigenvalue weighted by atomic mass is 10.2. The van der Waals surface area contributed by atoms with Crippen molar-refractivity contribution in [1.29, 1.82) is 0 Å². The third kappa shape index (κ3) is 2.78. The van der Waals surface area contributed by atoms with Crippen LogP contribution in [0.15, 0.2) is 40.5 Å². The molecular formula is C12H12N2O3S. The highest BCUT2D eigenvalue weighted by Gasteiger charge is 2.06. The Morgan fingerprint density at radius 2 is 2.06 bits per heavy atom. The average Bonchev–Trinajstić information content (AvgIpc) is 2.71. The van der Waals surface area contributed by atoms with E-state index in [9.17, 15) is 14.7 Å². The highest BCUT2D eigenvalue weighted by atomic mass is 32.1. The average molecular weight is 264 g/mol. The molecule has 0 aliphatic carbocycles. The number of thiazole rings is 1. The van der Waals surface area contributed by atoms with Gasteiger partial charge in [0.25, 0.3) is 5.91 Å². The van der Waals surface area contributed by atoms with Gasteiger partial charge in [-0.1, -0.05) is 29.5 Å². The quantitative estimate of drug-likeness (QED) is 0.867. The van der Waals surface area contributed by atoms with Crippen LogP contribution in [0.1, 0.15) is 10.4 Å². The standard InChI is InChI=1S/C12H12N2O3S/c15-10-8-18-12(17)14(10)7-6-13-11(16)9-4-2-1-3-5-9/h1-5,8,15H,6-7H2,(H,13,16). The summed E-state index contributed by atoms with van der Waals surface area (Å²) >= 11 is 0.931. The second-order valence-electron chi connectivity index (χ2n) is 3.63. The summed E-state index contributed by atoms with van der Waals surface area (Å²) in [5.41, 5.74) is 0.569. The molecule has 0 radical (unpaired) electrons. The van der Waals surface area contributed by atoms with Crippen molar-refractivity contribution in [3.63, 3.8) is 0 Å².